The zero-order valence-electron chi connectivity index (χ0n) is 18.7. The summed E-state index contributed by atoms with van der Waals surface area (Å²) in [4.78, 5) is 34.6. The molecule has 5 rings (SSSR count). The van der Waals surface area contributed by atoms with Gasteiger partial charge in [0.1, 0.15) is 17.0 Å². The van der Waals surface area contributed by atoms with Crippen molar-refractivity contribution >= 4 is 54.3 Å². The van der Waals surface area contributed by atoms with Gasteiger partial charge in [0.15, 0.2) is 5.13 Å². The van der Waals surface area contributed by atoms with Gasteiger partial charge in [-0.25, -0.2) is 14.2 Å². The third-order valence-electron chi connectivity index (χ3n) is 5.67. The van der Waals surface area contributed by atoms with E-state index in [0.29, 0.717) is 39.3 Å². The van der Waals surface area contributed by atoms with Crippen LogP contribution in [0.25, 0.3) is 32.0 Å². The van der Waals surface area contributed by atoms with Crippen molar-refractivity contribution in [2.75, 3.05) is 32.1 Å². The summed E-state index contributed by atoms with van der Waals surface area (Å²) < 4.78 is 19.9. The molecule has 0 bridgehead atoms. The van der Waals surface area contributed by atoms with Crippen LogP contribution in [0.15, 0.2) is 69.9 Å². The third kappa shape index (κ3) is 4.18. The SMILES string of the molecule is CN(C)CCCN(C(=O)c1cc2c(ccc3ccccc32)oc1=O)c1nc2ccc(F)cc2s1. The zero-order valence-corrected chi connectivity index (χ0v) is 19.6. The number of anilines is 1. The van der Waals surface area contributed by atoms with Gasteiger partial charge < -0.3 is 9.32 Å². The lowest BCUT2D eigenvalue weighted by Crippen LogP contribution is -2.36. The highest BCUT2D eigenvalue weighted by Crippen LogP contribution is 2.31. The van der Waals surface area contributed by atoms with Crippen LogP contribution in [0.2, 0.25) is 0 Å². The quantitative estimate of drug-likeness (QED) is 0.247. The van der Waals surface area contributed by atoms with Crippen LogP contribution in [0.3, 0.4) is 0 Å². The molecular weight excluding hydrogens is 453 g/mol. The van der Waals surface area contributed by atoms with E-state index in [9.17, 15) is 14.0 Å². The molecule has 0 N–H and O–H groups in total. The van der Waals surface area contributed by atoms with Crippen molar-refractivity contribution < 1.29 is 13.6 Å². The number of nitrogens with zero attached hydrogens (tertiary/aromatic N) is 3. The molecule has 6 nitrogen and oxygen atoms in total. The smallest absolute Gasteiger partial charge is 0.349 e. The number of fused-ring (bicyclic) bond motifs is 4. The second-order valence-corrected chi connectivity index (χ2v) is 9.38. The normalized spacial score (nSPS) is 11.6. The van der Waals surface area contributed by atoms with Gasteiger partial charge in [-0.2, -0.15) is 0 Å². The predicted molar refractivity (Wildman–Crippen MR) is 134 cm³/mol. The summed E-state index contributed by atoms with van der Waals surface area (Å²) in [5, 5.41) is 2.99. The van der Waals surface area contributed by atoms with Crippen LogP contribution in [0.1, 0.15) is 16.8 Å². The van der Waals surface area contributed by atoms with Gasteiger partial charge in [0.05, 0.1) is 10.2 Å². The Kier molecular flexibility index (Phi) is 5.85. The van der Waals surface area contributed by atoms with Crippen LogP contribution in [-0.4, -0.2) is 43.0 Å². The molecule has 0 unspecified atom stereocenters. The highest BCUT2D eigenvalue weighted by molar-refractivity contribution is 7.22. The van der Waals surface area contributed by atoms with Crippen molar-refractivity contribution in [1.82, 2.24) is 9.88 Å². The molecule has 0 fully saturated rings. The molecule has 0 spiro atoms. The highest BCUT2D eigenvalue weighted by Gasteiger charge is 2.25. The summed E-state index contributed by atoms with van der Waals surface area (Å²) in [6, 6.07) is 17.3. The van der Waals surface area contributed by atoms with Crippen molar-refractivity contribution in [2.24, 2.45) is 0 Å². The van der Waals surface area contributed by atoms with E-state index in [4.69, 9.17) is 4.42 Å². The Morgan fingerprint density at radius 3 is 2.68 bits per heavy atom. The monoisotopic (exact) mass is 475 g/mol. The number of hydrogen-bond acceptors (Lipinski definition) is 6. The fourth-order valence-corrected chi connectivity index (χ4v) is 5.01. The van der Waals surface area contributed by atoms with Gasteiger partial charge in [-0.05, 0) is 68.2 Å². The van der Waals surface area contributed by atoms with Crippen LogP contribution in [-0.2, 0) is 0 Å². The lowest BCUT2D eigenvalue weighted by molar-refractivity contribution is 0.0982. The molecule has 0 saturated heterocycles. The van der Waals surface area contributed by atoms with E-state index >= 15 is 0 Å². The minimum atomic E-state index is -0.697. The Morgan fingerprint density at radius 1 is 1.03 bits per heavy atom. The lowest BCUT2D eigenvalue weighted by Gasteiger charge is -2.20. The van der Waals surface area contributed by atoms with Crippen LogP contribution in [0.5, 0.6) is 0 Å². The predicted octanol–water partition coefficient (Wildman–Crippen LogP) is 5.29. The van der Waals surface area contributed by atoms with Gasteiger partial charge in [0.25, 0.3) is 5.91 Å². The van der Waals surface area contributed by atoms with E-state index in [1.54, 1.807) is 18.2 Å². The number of amides is 1. The average Bonchev–Trinajstić information content (AvgIpc) is 3.23. The third-order valence-corrected chi connectivity index (χ3v) is 6.72. The Hall–Kier alpha value is -3.62. The van der Waals surface area contributed by atoms with Gasteiger partial charge in [0, 0.05) is 11.9 Å². The number of halogens is 1. The lowest BCUT2D eigenvalue weighted by atomic mass is 10.0. The van der Waals surface area contributed by atoms with E-state index in [-0.39, 0.29) is 11.4 Å². The molecule has 3 aromatic carbocycles. The average molecular weight is 476 g/mol. The molecule has 1 amide bonds. The number of carbonyl (C=O) groups is 1. The second kappa shape index (κ2) is 8.96. The highest BCUT2D eigenvalue weighted by atomic mass is 32.1. The number of aromatic nitrogens is 1. The van der Waals surface area contributed by atoms with Crippen molar-refractivity contribution in [1.29, 1.82) is 0 Å². The van der Waals surface area contributed by atoms with Crippen LogP contribution in [0, 0.1) is 5.82 Å². The summed E-state index contributed by atoms with van der Waals surface area (Å²) >= 11 is 1.22. The maximum atomic E-state index is 13.7. The van der Waals surface area contributed by atoms with E-state index in [2.05, 4.69) is 4.98 Å². The zero-order chi connectivity index (χ0) is 23.8. The number of rotatable bonds is 6. The first-order chi connectivity index (χ1) is 16.4. The summed E-state index contributed by atoms with van der Waals surface area (Å²) in [6.45, 7) is 1.10. The Bertz CT molecular complexity index is 1590. The number of benzene rings is 3. The Labute approximate surface area is 198 Å². The van der Waals surface area contributed by atoms with Crippen molar-refractivity contribution in [2.45, 2.75) is 6.42 Å². The maximum Gasteiger partial charge on any atom is 0.349 e. The van der Waals surface area contributed by atoms with E-state index in [1.807, 2.05) is 49.3 Å². The first-order valence-electron chi connectivity index (χ1n) is 10.9. The summed E-state index contributed by atoms with van der Waals surface area (Å²) in [7, 11) is 3.91. The van der Waals surface area contributed by atoms with E-state index < -0.39 is 11.5 Å². The molecule has 5 aromatic rings. The van der Waals surface area contributed by atoms with Gasteiger partial charge in [0.2, 0.25) is 0 Å². The number of hydrogen-bond donors (Lipinski definition) is 0. The molecule has 34 heavy (non-hydrogen) atoms. The molecule has 2 aromatic heterocycles. The van der Waals surface area contributed by atoms with Gasteiger partial charge in [-0.3, -0.25) is 9.69 Å². The largest absolute Gasteiger partial charge is 0.422 e. The fraction of sp³-hybridized carbons (Fsp3) is 0.192. The molecule has 172 valence electrons. The summed E-state index contributed by atoms with van der Waals surface area (Å²) in [6.07, 6.45) is 0.671. The minimum Gasteiger partial charge on any atom is -0.422 e. The number of thiazole rings is 1. The van der Waals surface area contributed by atoms with Crippen LogP contribution in [0.4, 0.5) is 9.52 Å². The molecule has 8 heteroatoms. The van der Waals surface area contributed by atoms with Crippen molar-refractivity contribution in [3.63, 3.8) is 0 Å². The molecule has 0 aliphatic rings. The molecule has 2 heterocycles. The fourth-order valence-electron chi connectivity index (χ4n) is 4.00. The van der Waals surface area contributed by atoms with Gasteiger partial charge in [-0.15, -0.1) is 0 Å². The molecule has 0 saturated carbocycles. The van der Waals surface area contributed by atoms with Crippen LogP contribution >= 0.6 is 11.3 Å². The minimum absolute atomic E-state index is 0.0563. The van der Waals surface area contributed by atoms with E-state index in [1.165, 1.54) is 28.4 Å². The summed E-state index contributed by atoms with van der Waals surface area (Å²) in [5.41, 5.74) is 0.273. The molecule has 0 atom stereocenters. The van der Waals surface area contributed by atoms with Crippen molar-refractivity contribution in [3.05, 3.63) is 82.5 Å². The summed E-state index contributed by atoms with van der Waals surface area (Å²) in [5.74, 6) is -0.850. The number of carbonyl (C=O) groups excluding carboxylic acids is 1. The Morgan fingerprint density at radius 2 is 1.85 bits per heavy atom. The van der Waals surface area contributed by atoms with Gasteiger partial charge in [-0.1, -0.05) is 41.7 Å². The first kappa shape index (κ1) is 22.2. The molecule has 0 radical (unpaired) electrons. The molecular formula is C26H22FN3O3S. The topological polar surface area (TPSA) is 66.7 Å². The molecule has 0 aliphatic heterocycles. The first-order valence-corrected chi connectivity index (χ1v) is 11.7. The standard InChI is InChI=1S/C26H22FN3O3S/c1-29(2)12-5-13-30(26-28-21-10-9-17(27)14-23(21)34-26)24(31)20-15-19-18-7-4-3-6-16(18)8-11-22(19)33-25(20)32/h3-4,6-11,14-15H,5,12-13H2,1-2H3. The van der Waals surface area contributed by atoms with Crippen molar-refractivity contribution in [3.8, 4) is 0 Å². The Balaban J connectivity index is 1.61. The maximum absolute atomic E-state index is 13.7. The second-order valence-electron chi connectivity index (χ2n) is 8.37. The molecule has 0 aliphatic carbocycles. The van der Waals surface area contributed by atoms with Gasteiger partial charge >= 0.3 is 5.63 Å². The van der Waals surface area contributed by atoms with E-state index in [0.717, 1.165) is 17.3 Å². The van der Waals surface area contributed by atoms with Crippen LogP contribution < -0.4 is 10.5 Å².